The van der Waals surface area contributed by atoms with Crippen LogP contribution in [-0.4, -0.2) is 28.6 Å². The zero-order chi connectivity index (χ0) is 19.2. The Labute approximate surface area is 160 Å². The summed E-state index contributed by atoms with van der Waals surface area (Å²) in [6.45, 7) is 3.27. The molecule has 0 atom stereocenters. The average Bonchev–Trinajstić information content (AvgIpc) is 3.07. The highest BCUT2D eigenvalue weighted by molar-refractivity contribution is 7.99. The normalized spacial score (nSPS) is 10.4. The van der Waals surface area contributed by atoms with Crippen LogP contribution >= 0.6 is 11.8 Å². The van der Waals surface area contributed by atoms with E-state index in [0.717, 1.165) is 10.5 Å². The summed E-state index contributed by atoms with van der Waals surface area (Å²) in [6.07, 6.45) is 1.60. The van der Waals surface area contributed by atoms with Crippen LogP contribution in [0.2, 0.25) is 0 Å². The van der Waals surface area contributed by atoms with Gasteiger partial charge in [-0.25, -0.2) is 9.78 Å². The number of aryl methyl sites for hydroxylation is 2. The summed E-state index contributed by atoms with van der Waals surface area (Å²) in [5.41, 5.74) is 1.45. The van der Waals surface area contributed by atoms with Crippen molar-refractivity contribution in [1.82, 2.24) is 10.1 Å². The fourth-order valence-corrected chi connectivity index (χ4v) is 3.03. The van der Waals surface area contributed by atoms with Crippen molar-refractivity contribution in [2.75, 3.05) is 11.9 Å². The van der Waals surface area contributed by atoms with Crippen LogP contribution in [0.4, 0.5) is 5.82 Å². The van der Waals surface area contributed by atoms with Crippen molar-refractivity contribution < 1.29 is 18.8 Å². The predicted molar refractivity (Wildman–Crippen MR) is 99.7 cm³/mol. The molecular formula is C19H17N3O4S. The van der Waals surface area contributed by atoms with Crippen molar-refractivity contribution in [3.8, 4) is 0 Å². The Morgan fingerprint density at radius 3 is 2.67 bits per heavy atom. The van der Waals surface area contributed by atoms with Gasteiger partial charge in [-0.2, -0.15) is 0 Å². The van der Waals surface area contributed by atoms with Crippen molar-refractivity contribution in [3.05, 3.63) is 65.5 Å². The van der Waals surface area contributed by atoms with E-state index in [4.69, 9.17) is 9.26 Å². The van der Waals surface area contributed by atoms with Gasteiger partial charge in [0.15, 0.2) is 12.4 Å². The highest BCUT2D eigenvalue weighted by atomic mass is 32.2. The zero-order valence-corrected chi connectivity index (χ0v) is 15.6. The van der Waals surface area contributed by atoms with Gasteiger partial charge in [0.05, 0.1) is 5.56 Å². The number of carbonyl (C=O) groups is 2. The highest BCUT2D eigenvalue weighted by Gasteiger charge is 2.17. The molecule has 1 aromatic carbocycles. The first-order valence-corrected chi connectivity index (χ1v) is 8.93. The van der Waals surface area contributed by atoms with Gasteiger partial charge in [0.1, 0.15) is 10.8 Å². The molecule has 7 nitrogen and oxygen atoms in total. The molecule has 3 aromatic rings. The van der Waals surface area contributed by atoms with Crippen molar-refractivity contribution in [1.29, 1.82) is 0 Å². The van der Waals surface area contributed by atoms with E-state index >= 15 is 0 Å². The second kappa shape index (κ2) is 8.50. The second-order valence-electron chi connectivity index (χ2n) is 5.72. The van der Waals surface area contributed by atoms with Crippen LogP contribution in [0.5, 0.6) is 0 Å². The van der Waals surface area contributed by atoms with Crippen LogP contribution in [-0.2, 0) is 9.53 Å². The number of pyridine rings is 1. The van der Waals surface area contributed by atoms with Crippen molar-refractivity contribution >= 4 is 29.5 Å². The van der Waals surface area contributed by atoms with Gasteiger partial charge in [0.2, 0.25) is 0 Å². The van der Waals surface area contributed by atoms with E-state index in [1.165, 1.54) is 11.8 Å². The van der Waals surface area contributed by atoms with Gasteiger partial charge in [-0.1, -0.05) is 34.6 Å². The molecule has 1 amide bonds. The summed E-state index contributed by atoms with van der Waals surface area (Å²) in [4.78, 5) is 29.5. The van der Waals surface area contributed by atoms with Crippen molar-refractivity contribution in [2.45, 2.75) is 23.8 Å². The summed E-state index contributed by atoms with van der Waals surface area (Å²) in [5, 5.41) is 6.65. The standard InChI is InChI=1S/C19H17N3O4S/c1-12-5-7-14(8-6-12)27-18-15(4-3-9-20-18)19(24)25-11-17(23)21-16-10-13(2)26-22-16/h3-10H,11H2,1-2H3,(H,21,22,23). The molecule has 0 unspecified atom stereocenters. The summed E-state index contributed by atoms with van der Waals surface area (Å²) >= 11 is 1.36. The van der Waals surface area contributed by atoms with E-state index in [-0.39, 0.29) is 5.82 Å². The minimum Gasteiger partial charge on any atom is -0.452 e. The van der Waals surface area contributed by atoms with Gasteiger partial charge in [0, 0.05) is 17.2 Å². The molecule has 2 aromatic heterocycles. The molecule has 1 N–H and O–H groups in total. The lowest BCUT2D eigenvalue weighted by atomic mass is 10.2. The summed E-state index contributed by atoms with van der Waals surface area (Å²) in [5.74, 6) is -0.293. The quantitative estimate of drug-likeness (QED) is 0.650. The molecule has 0 spiro atoms. The van der Waals surface area contributed by atoms with E-state index in [2.05, 4.69) is 15.5 Å². The van der Waals surface area contributed by atoms with E-state index in [1.807, 2.05) is 31.2 Å². The molecule has 27 heavy (non-hydrogen) atoms. The maximum absolute atomic E-state index is 12.4. The largest absolute Gasteiger partial charge is 0.452 e. The Morgan fingerprint density at radius 2 is 1.96 bits per heavy atom. The fraction of sp³-hybridized carbons (Fsp3) is 0.158. The van der Waals surface area contributed by atoms with Gasteiger partial charge in [-0.05, 0) is 38.1 Å². The van der Waals surface area contributed by atoms with E-state index < -0.39 is 18.5 Å². The Bertz CT molecular complexity index is 954. The number of aromatic nitrogens is 2. The number of carbonyl (C=O) groups excluding carboxylic acids is 2. The molecule has 0 aliphatic rings. The van der Waals surface area contributed by atoms with Gasteiger partial charge < -0.3 is 14.6 Å². The lowest BCUT2D eigenvalue weighted by Gasteiger charge is -2.08. The van der Waals surface area contributed by atoms with Crippen LogP contribution in [0.1, 0.15) is 21.7 Å². The number of hydrogen-bond donors (Lipinski definition) is 1. The Morgan fingerprint density at radius 1 is 1.19 bits per heavy atom. The number of rotatable bonds is 6. The van der Waals surface area contributed by atoms with E-state index in [1.54, 1.807) is 31.3 Å². The second-order valence-corrected chi connectivity index (χ2v) is 6.78. The van der Waals surface area contributed by atoms with Crippen LogP contribution in [0, 0.1) is 13.8 Å². The van der Waals surface area contributed by atoms with Gasteiger partial charge in [-0.3, -0.25) is 4.79 Å². The molecule has 0 saturated carbocycles. The predicted octanol–water partition coefficient (Wildman–Crippen LogP) is 3.63. The third-order valence-electron chi connectivity index (χ3n) is 3.46. The topological polar surface area (TPSA) is 94.3 Å². The van der Waals surface area contributed by atoms with Crippen LogP contribution in [0.3, 0.4) is 0 Å². The summed E-state index contributed by atoms with van der Waals surface area (Å²) in [7, 11) is 0. The van der Waals surface area contributed by atoms with Crippen molar-refractivity contribution in [2.24, 2.45) is 0 Å². The first-order valence-electron chi connectivity index (χ1n) is 8.11. The van der Waals surface area contributed by atoms with E-state index in [0.29, 0.717) is 16.3 Å². The summed E-state index contributed by atoms with van der Waals surface area (Å²) in [6, 6.07) is 12.7. The molecule has 138 valence electrons. The maximum atomic E-state index is 12.4. The first kappa shape index (κ1) is 18.7. The molecule has 0 saturated heterocycles. The molecule has 2 heterocycles. The third kappa shape index (κ3) is 5.18. The van der Waals surface area contributed by atoms with Gasteiger partial charge in [0.25, 0.3) is 5.91 Å². The molecule has 0 fully saturated rings. The number of anilines is 1. The number of benzene rings is 1. The number of ether oxygens (including phenoxy) is 1. The van der Waals surface area contributed by atoms with Gasteiger partial charge >= 0.3 is 5.97 Å². The summed E-state index contributed by atoms with van der Waals surface area (Å²) < 4.78 is 9.96. The fourth-order valence-electron chi connectivity index (χ4n) is 2.16. The van der Waals surface area contributed by atoms with Crippen LogP contribution in [0.15, 0.2) is 63.1 Å². The lowest BCUT2D eigenvalue weighted by Crippen LogP contribution is -2.21. The monoisotopic (exact) mass is 383 g/mol. The SMILES string of the molecule is Cc1ccc(Sc2ncccc2C(=O)OCC(=O)Nc2cc(C)on2)cc1. The number of amides is 1. The molecule has 0 aliphatic carbocycles. The molecule has 0 bridgehead atoms. The minimum atomic E-state index is -0.621. The zero-order valence-electron chi connectivity index (χ0n) is 14.8. The number of nitrogens with zero attached hydrogens (tertiary/aromatic N) is 2. The first-order chi connectivity index (χ1) is 13.0. The Hall–Kier alpha value is -3.13. The third-order valence-corrected chi connectivity index (χ3v) is 4.48. The van der Waals surface area contributed by atoms with Crippen LogP contribution in [0.25, 0.3) is 0 Å². The molecular weight excluding hydrogens is 366 g/mol. The molecule has 0 radical (unpaired) electrons. The molecule has 0 aliphatic heterocycles. The number of hydrogen-bond acceptors (Lipinski definition) is 7. The smallest absolute Gasteiger partial charge is 0.341 e. The van der Waals surface area contributed by atoms with Gasteiger partial charge in [-0.15, -0.1) is 0 Å². The maximum Gasteiger partial charge on any atom is 0.341 e. The Kier molecular flexibility index (Phi) is 5.87. The lowest BCUT2D eigenvalue weighted by molar-refractivity contribution is -0.119. The highest BCUT2D eigenvalue weighted by Crippen LogP contribution is 2.29. The number of nitrogens with one attached hydrogen (secondary N) is 1. The number of esters is 1. The Balaban J connectivity index is 1.62. The van der Waals surface area contributed by atoms with E-state index in [9.17, 15) is 9.59 Å². The van der Waals surface area contributed by atoms with Crippen LogP contribution < -0.4 is 5.32 Å². The molecule has 8 heteroatoms. The average molecular weight is 383 g/mol. The van der Waals surface area contributed by atoms with Crippen molar-refractivity contribution in [3.63, 3.8) is 0 Å². The minimum absolute atomic E-state index is 0.269. The molecule has 3 rings (SSSR count).